The first kappa shape index (κ1) is 13.6. The van der Waals surface area contributed by atoms with Gasteiger partial charge in [0.15, 0.2) is 0 Å². The lowest BCUT2D eigenvalue weighted by atomic mass is 9.97. The standard InChI is InChI=1S/C15H25N5/c1-3-16-15-17-11(2)9-14(19-15)18-12-6-8-20-7-4-5-13(20)10-12/h9,12-13H,3-8,10H2,1-2H3,(H2,16,17,18,19). The van der Waals surface area contributed by atoms with Crippen LogP contribution in [0.15, 0.2) is 6.07 Å². The molecule has 20 heavy (non-hydrogen) atoms. The Labute approximate surface area is 121 Å². The molecule has 2 N–H and O–H groups in total. The van der Waals surface area contributed by atoms with E-state index in [2.05, 4.69) is 32.4 Å². The normalized spacial score (nSPS) is 26.3. The van der Waals surface area contributed by atoms with E-state index in [1.165, 1.54) is 38.8 Å². The molecule has 0 spiro atoms. The first-order valence-corrected chi connectivity index (χ1v) is 7.84. The third kappa shape index (κ3) is 3.03. The lowest BCUT2D eigenvalue weighted by molar-refractivity contribution is 0.188. The number of hydrogen-bond donors (Lipinski definition) is 2. The predicted octanol–water partition coefficient (Wildman–Crippen LogP) is 2.26. The Balaban J connectivity index is 1.65. The van der Waals surface area contributed by atoms with Gasteiger partial charge in [-0.1, -0.05) is 0 Å². The maximum Gasteiger partial charge on any atom is 0.224 e. The molecule has 2 saturated heterocycles. The molecule has 0 amide bonds. The summed E-state index contributed by atoms with van der Waals surface area (Å²) in [5, 5.41) is 6.81. The molecule has 5 nitrogen and oxygen atoms in total. The van der Waals surface area contributed by atoms with Crippen LogP contribution in [-0.2, 0) is 0 Å². The molecule has 0 saturated carbocycles. The lowest BCUT2D eigenvalue weighted by Crippen LogP contribution is -2.42. The Hall–Kier alpha value is -1.36. The number of aryl methyl sites for hydroxylation is 1. The smallest absolute Gasteiger partial charge is 0.224 e. The van der Waals surface area contributed by atoms with Gasteiger partial charge >= 0.3 is 0 Å². The minimum atomic E-state index is 0.554. The molecular formula is C15H25N5. The van der Waals surface area contributed by atoms with Crippen molar-refractivity contribution < 1.29 is 0 Å². The monoisotopic (exact) mass is 275 g/mol. The topological polar surface area (TPSA) is 53.1 Å². The van der Waals surface area contributed by atoms with Crippen molar-refractivity contribution >= 4 is 11.8 Å². The maximum atomic E-state index is 4.56. The Morgan fingerprint density at radius 2 is 2.20 bits per heavy atom. The van der Waals surface area contributed by atoms with Crippen molar-refractivity contribution in [3.8, 4) is 0 Å². The summed E-state index contributed by atoms with van der Waals surface area (Å²) in [6.07, 6.45) is 5.20. The quantitative estimate of drug-likeness (QED) is 0.883. The molecule has 3 rings (SSSR count). The van der Waals surface area contributed by atoms with E-state index in [9.17, 15) is 0 Å². The molecule has 3 heterocycles. The largest absolute Gasteiger partial charge is 0.367 e. The van der Waals surface area contributed by atoms with E-state index in [-0.39, 0.29) is 0 Å². The van der Waals surface area contributed by atoms with Crippen LogP contribution in [0.1, 0.15) is 38.3 Å². The van der Waals surface area contributed by atoms with Crippen LogP contribution >= 0.6 is 0 Å². The lowest BCUT2D eigenvalue weighted by Gasteiger charge is -2.35. The Kier molecular flexibility index (Phi) is 4.05. The van der Waals surface area contributed by atoms with E-state index in [1.54, 1.807) is 0 Å². The molecule has 5 heteroatoms. The van der Waals surface area contributed by atoms with Gasteiger partial charge in [0.05, 0.1) is 0 Å². The van der Waals surface area contributed by atoms with E-state index in [0.29, 0.717) is 6.04 Å². The second kappa shape index (κ2) is 5.95. The molecular weight excluding hydrogens is 250 g/mol. The van der Waals surface area contributed by atoms with Crippen molar-refractivity contribution in [2.24, 2.45) is 0 Å². The van der Waals surface area contributed by atoms with E-state index in [0.717, 1.165) is 30.0 Å². The summed E-state index contributed by atoms with van der Waals surface area (Å²) in [5.74, 6) is 1.69. The summed E-state index contributed by atoms with van der Waals surface area (Å²) in [4.78, 5) is 11.6. The highest BCUT2D eigenvalue weighted by Gasteiger charge is 2.31. The molecule has 2 unspecified atom stereocenters. The van der Waals surface area contributed by atoms with Crippen LogP contribution in [-0.4, -0.2) is 46.6 Å². The van der Waals surface area contributed by atoms with Crippen LogP contribution < -0.4 is 10.6 Å². The molecule has 0 aliphatic carbocycles. The van der Waals surface area contributed by atoms with E-state index >= 15 is 0 Å². The molecule has 1 aromatic heterocycles. The third-order valence-electron chi connectivity index (χ3n) is 4.36. The second-order valence-electron chi connectivity index (χ2n) is 5.95. The number of rotatable bonds is 4. The Bertz CT molecular complexity index is 462. The highest BCUT2D eigenvalue weighted by molar-refractivity contribution is 5.43. The molecule has 0 aromatic carbocycles. The van der Waals surface area contributed by atoms with Crippen molar-refractivity contribution in [1.29, 1.82) is 0 Å². The van der Waals surface area contributed by atoms with Gasteiger partial charge in [0.2, 0.25) is 5.95 Å². The van der Waals surface area contributed by atoms with Crippen molar-refractivity contribution in [3.05, 3.63) is 11.8 Å². The Morgan fingerprint density at radius 1 is 1.30 bits per heavy atom. The van der Waals surface area contributed by atoms with Gasteiger partial charge in [0.1, 0.15) is 5.82 Å². The first-order chi connectivity index (χ1) is 9.74. The van der Waals surface area contributed by atoms with Crippen LogP contribution in [0.4, 0.5) is 11.8 Å². The minimum Gasteiger partial charge on any atom is -0.367 e. The predicted molar refractivity (Wildman–Crippen MR) is 82.2 cm³/mol. The molecule has 110 valence electrons. The van der Waals surface area contributed by atoms with Crippen LogP contribution in [0, 0.1) is 6.92 Å². The highest BCUT2D eigenvalue weighted by Crippen LogP contribution is 2.28. The minimum absolute atomic E-state index is 0.554. The molecule has 2 fully saturated rings. The summed E-state index contributed by atoms with van der Waals surface area (Å²) in [5.41, 5.74) is 1.01. The highest BCUT2D eigenvalue weighted by atomic mass is 15.2. The van der Waals surface area contributed by atoms with Crippen LogP contribution in [0.5, 0.6) is 0 Å². The van der Waals surface area contributed by atoms with Gasteiger partial charge in [-0.3, -0.25) is 0 Å². The number of hydrogen-bond acceptors (Lipinski definition) is 5. The van der Waals surface area contributed by atoms with Crippen molar-refractivity contribution in [1.82, 2.24) is 14.9 Å². The summed E-state index contributed by atoms with van der Waals surface area (Å²) < 4.78 is 0. The van der Waals surface area contributed by atoms with Crippen molar-refractivity contribution in [2.75, 3.05) is 30.3 Å². The number of nitrogens with one attached hydrogen (secondary N) is 2. The average molecular weight is 275 g/mol. The zero-order valence-corrected chi connectivity index (χ0v) is 12.5. The molecule has 2 aliphatic heterocycles. The second-order valence-corrected chi connectivity index (χ2v) is 5.95. The molecule has 0 bridgehead atoms. The number of fused-ring (bicyclic) bond motifs is 1. The third-order valence-corrected chi connectivity index (χ3v) is 4.36. The summed E-state index contributed by atoms with van der Waals surface area (Å²) >= 11 is 0. The van der Waals surface area contributed by atoms with Gasteiger partial charge in [-0.25, -0.2) is 4.98 Å². The Morgan fingerprint density at radius 3 is 3.05 bits per heavy atom. The number of anilines is 2. The fourth-order valence-electron chi connectivity index (χ4n) is 3.44. The van der Waals surface area contributed by atoms with E-state index in [1.807, 2.05) is 13.0 Å². The van der Waals surface area contributed by atoms with Crippen LogP contribution in [0.3, 0.4) is 0 Å². The fraction of sp³-hybridized carbons (Fsp3) is 0.733. The maximum absolute atomic E-state index is 4.56. The van der Waals surface area contributed by atoms with E-state index in [4.69, 9.17) is 0 Å². The van der Waals surface area contributed by atoms with Gasteiger partial charge in [-0.2, -0.15) is 4.98 Å². The molecule has 1 aromatic rings. The van der Waals surface area contributed by atoms with Gasteiger partial charge < -0.3 is 15.5 Å². The number of nitrogens with zero attached hydrogens (tertiary/aromatic N) is 3. The summed E-state index contributed by atoms with van der Waals surface area (Å²) in [6.45, 7) is 7.46. The van der Waals surface area contributed by atoms with Gasteiger partial charge in [-0.05, 0) is 46.1 Å². The molecule has 2 aliphatic rings. The van der Waals surface area contributed by atoms with Gasteiger partial charge in [-0.15, -0.1) is 0 Å². The zero-order valence-electron chi connectivity index (χ0n) is 12.5. The van der Waals surface area contributed by atoms with Crippen molar-refractivity contribution in [3.63, 3.8) is 0 Å². The zero-order chi connectivity index (χ0) is 13.9. The van der Waals surface area contributed by atoms with E-state index < -0.39 is 0 Å². The summed E-state index contributed by atoms with van der Waals surface area (Å²) in [7, 11) is 0. The first-order valence-electron chi connectivity index (χ1n) is 7.84. The van der Waals surface area contributed by atoms with Crippen LogP contribution in [0.25, 0.3) is 0 Å². The van der Waals surface area contributed by atoms with Gasteiger partial charge in [0, 0.05) is 36.9 Å². The number of aromatic nitrogens is 2. The number of piperidine rings is 1. The van der Waals surface area contributed by atoms with Crippen LogP contribution in [0.2, 0.25) is 0 Å². The molecule has 0 radical (unpaired) electrons. The average Bonchev–Trinajstić information content (AvgIpc) is 2.85. The fourth-order valence-corrected chi connectivity index (χ4v) is 3.44. The molecule has 2 atom stereocenters. The SMILES string of the molecule is CCNc1nc(C)cc(NC2CCN3CCCC3C2)n1. The van der Waals surface area contributed by atoms with Gasteiger partial charge in [0.25, 0.3) is 0 Å². The van der Waals surface area contributed by atoms with Crippen molar-refractivity contribution in [2.45, 2.75) is 51.6 Å². The summed E-state index contributed by atoms with van der Waals surface area (Å²) in [6, 6.07) is 3.39.